The van der Waals surface area contributed by atoms with Gasteiger partial charge >= 0.3 is 26.2 Å². The van der Waals surface area contributed by atoms with Gasteiger partial charge in [0.1, 0.15) is 0 Å². The molecule has 2 aromatic carbocycles. The van der Waals surface area contributed by atoms with E-state index in [0.29, 0.717) is 23.7 Å². The maximum Gasteiger partial charge on any atom is 4.00 e. The zero-order chi connectivity index (χ0) is 19.3. The number of hydrogen-bond acceptors (Lipinski definition) is 0. The molecule has 31 heavy (non-hydrogen) atoms. The molecule has 0 heterocycles. The third kappa shape index (κ3) is 6.46. The summed E-state index contributed by atoms with van der Waals surface area (Å²) in [5.41, 5.74) is 5.84. The summed E-state index contributed by atoms with van der Waals surface area (Å²) in [6.07, 6.45) is 19.4. The molecular formula is C28H32Cl2Zr. The van der Waals surface area contributed by atoms with Crippen molar-refractivity contribution in [3.8, 4) is 0 Å². The summed E-state index contributed by atoms with van der Waals surface area (Å²) >= 11 is 0. The maximum atomic E-state index is 2.55. The fourth-order valence-electron chi connectivity index (χ4n) is 5.18. The van der Waals surface area contributed by atoms with E-state index in [4.69, 9.17) is 0 Å². The first kappa shape index (κ1) is 28.4. The van der Waals surface area contributed by atoms with Gasteiger partial charge in [-0.15, -0.1) is 0 Å². The van der Waals surface area contributed by atoms with Gasteiger partial charge < -0.3 is 37.7 Å². The average molecular weight is 531 g/mol. The van der Waals surface area contributed by atoms with Crippen molar-refractivity contribution in [2.24, 2.45) is 11.8 Å². The zero-order valence-electron chi connectivity index (χ0n) is 18.5. The van der Waals surface area contributed by atoms with Crippen LogP contribution in [-0.2, 0) is 26.2 Å². The molecule has 0 amide bonds. The van der Waals surface area contributed by atoms with Crippen molar-refractivity contribution in [3.63, 3.8) is 0 Å². The van der Waals surface area contributed by atoms with Gasteiger partial charge in [0.2, 0.25) is 0 Å². The van der Waals surface area contributed by atoms with E-state index in [1.165, 1.54) is 35.1 Å². The predicted octanol–water partition coefficient (Wildman–Crippen LogP) is 1.85. The van der Waals surface area contributed by atoms with Gasteiger partial charge in [0.25, 0.3) is 0 Å². The van der Waals surface area contributed by atoms with Gasteiger partial charge in [-0.25, -0.2) is 0 Å². The number of benzene rings is 2. The Morgan fingerprint density at radius 2 is 1.06 bits per heavy atom. The second-order valence-electron chi connectivity index (χ2n) is 8.22. The predicted molar refractivity (Wildman–Crippen MR) is 122 cm³/mol. The molecule has 2 aromatic rings. The number of rotatable bonds is 9. The standard InChI is InChI=1S/C28H32.2ClH.Zr/c1-3-9-21(27-19-17-23-11-5-7-13-25(23)27)15-16-22(10-4-2)28-20-18-24-12-6-8-14-26(24)28;;;/h5-14,17-22,27-28H,3-4,15-16H2,1-2H3;2*1H;/q-2;;;+4/p-2. The number of allylic oxidation sites excluding steroid dienone is 2. The fourth-order valence-corrected chi connectivity index (χ4v) is 5.18. The van der Waals surface area contributed by atoms with Crippen molar-refractivity contribution < 1.29 is 51.0 Å². The number of hydrogen-bond donors (Lipinski definition) is 0. The molecule has 0 saturated carbocycles. The topological polar surface area (TPSA) is 0 Å². The van der Waals surface area contributed by atoms with Crippen molar-refractivity contribution in [2.45, 2.75) is 51.4 Å². The summed E-state index contributed by atoms with van der Waals surface area (Å²) < 4.78 is 0. The van der Waals surface area contributed by atoms with Crippen molar-refractivity contribution in [1.29, 1.82) is 0 Å². The molecule has 0 fully saturated rings. The van der Waals surface area contributed by atoms with E-state index in [-0.39, 0.29) is 51.0 Å². The van der Waals surface area contributed by atoms with Crippen LogP contribution in [0.15, 0.2) is 60.7 Å². The Kier molecular flexibility index (Phi) is 12.7. The summed E-state index contributed by atoms with van der Waals surface area (Å²) in [6.45, 7) is 4.56. The largest absolute Gasteiger partial charge is 4.00 e. The van der Waals surface area contributed by atoms with Gasteiger partial charge in [-0.3, -0.25) is 0 Å². The zero-order valence-corrected chi connectivity index (χ0v) is 22.4. The van der Waals surface area contributed by atoms with E-state index in [9.17, 15) is 0 Å². The quantitative estimate of drug-likeness (QED) is 0.435. The molecule has 0 radical (unpaired) electrons. The SMILES string of the molecule is CC[CH-]C(CCC([CH-]CC)C1C=Cc2ccccc21)C1C=Cc2ccccc21.[Cl-].[Cl-].[Zr+4]. The van der Waals surface area contributed by atoms with Crippen LogP contribution >= 0.6 is 0 Å². The first-order chi connectivity index (χ1) is 13.8. The van der Waals surface area contributed by atoms with E-state index in [1.807, 2.05) is 0 Å². The monoisotopic (exact) mass is 528 g/mol. The van der Waals surface area contributed by atoms with Gasteiger partial charge in [0, 0.05) is 0 Å². The van der Waals surface area contributed by atoms with Crippen LogP contribution in [0.2, 0.25) is 0 Å². The molecule has 0 nitrogen and oxygen atoms in total. The van der Waals surface area contributed by atoms with E-state index in [2.05, 4.69) is 99.5 Å². The summed E-state index contributed by atoms with van der Waals surface area (Å²) in [4.78, 5) is 0. The molecule has 162 valence electrons. The summed E-state index contributed by atoms with van der Waals surface area (Å²) in [7, 11) is 0. The van der Waals surface area contributed by atoms with Crippen LogP contribution in [0.4, 0.5) is 0 Å². The average Bonchev–Trinajstić information content (AvgIpc) is 3.34. The van der Waals surface area contributed by atoms with Crippen molar-refractivity contribution >= 4 is 12.2 Å². The second kappa shape index (κ2) is 13.8. The summed E-state index contributed by atoms with van der Waals surface area (Å²) in [5.74, 6) is 2.34. The molecule has 2 aliphatic rings. The normalized spacial score (nSPS) is 19.4. The molecule has 4 rings (SSSR count). The van der Waals surface area contributed by atoms with Gasteiger partial charge in [0.15, 0.2) is 0 Å². The minimum atomic E-state index is 0. The number of halogens is 2. The molecule has 0 aliphatic heterocycles. The van der Waals surface area contributed by atoms with Gasteiger partial charge in [0.05, 0.1) is 0 Å². The molecule has 0 N–H and O–H groups in total. The van der Waals surface area contributed by atoms with Crippen LogP contribution in [0.1, 0.15) is 73.6 Å². The molecule has 3 heteroatoms. The van der Waals surface area contributed by atoms with Crippen LogP contribution in [-0.4, -0.2) is 0 Å². The van der Waals surface area contributed by atoms with Crippen LogP contribution in [0, 0.1) is 24.7 Å². The Labute approximate surface area is 220 Å². The maximum absolute atomic E-state index is 2.55. The Morgan fingerprint density at radius 3 is 1.45 bits per heavy atom. The second-order valence-corrected chi connectivity index (χ2v) is 8.22. The van der Waals surface area contributed by atoms with Gasteiger partial charge in [-0.2, -0.15) is 24.7 Å². The minimum absolute atomic E-state index is 0. The van der Waals surface area contributed by atoms with Crippen molar-refractivity contribution in [3.05, 3.63) is 95.8 Å². The molecule has 0 saturated heterocycles. The smallest absolute Gasteiger partial charge is 1.00 e. The van der Waals surface area contributed by atoms with E-state index in [1.54, 1.807) is 0 Å². The Hall–Kier alpha value is -0.617. The van der Waals surface area contributed by atoms with E-state index >= 15 is 0 Å². The van der Waals surface area contributed by atoms with E-state index in [0.717, 1.165) is 12.8 Å². The van der Waals surface area contributed by atoms with E-state index < -0.39 is 0 Å². The van der Waals surface area contributed by atoms with Crippen LogP contribution in [0.3, 0.4) is 0 Å². The molecule has 0 aromatic heterocycles. The Balaban J connectivity index is 0.00000160. The first-order valence-electron chi connectivity index (χ1n) is 11.0. The Morgan fingerprint density at radius 1 is 0.677 bits per heavy atom. The van der Waals surface area contributed by atoms with Gasteiger partial charge in [-0.1, -0.05) is 99.5 Å². The summed E-state index contributed by atoms with van der Waals surface area (Å²) in [5, 5.41) is 0. The number of fused-ring (bicyclic) bond motifs is 2. The first-order valence-corrected chi connectivity index (χ1v) is 11.0. The molecule has 4 unspecified atom stereocenters. The van der Waals surface area contributed by atoms with Crippen LogP contribution in [0.25, 0.3) is 12.2 Å². The third-order valence-corrected chi connectivity index (χ3v) is 6.51. The summed E-state index contributed by atoms with van der Waals surface area (Å²) in [6, 6.07) is 17.8. The third-order valence-electron chi connectivity index (χ3n) is 6.51. The fraction of sp³-hybridized carbons (Fsp3) is 0.357. The van der Waals surface area contributed by atoms with Crippen molar-refractivity contribution in [2.75, 3.05) is 0 Å². The Bertz CT molecular complexity index is 786. The van der Waals surface area contributed by atoms with Gasteiger partial charge in [-0.05, 0) is 34.1 Å². The molecule has 0 spiro atoms. The van der Waals surface area contributed by atoms with Crippen LogP contribution in [0.5, 0.6) is 0 Å². The molecular weight excluding hydrogens is 498 g/mol. The molecule has 0 bridgehead atoms. The molecule has 2 aliphatic carbocycles. The molecule has 4 atom stereocenters. The van der Waals surface area contributed by atoms with Crippen LogP contribution < -0.4 is 24.8 Å². The van der Waals surface area contributed by atoms with Crippen molar-refractivity contribution in [1.82, 2.24) is 0 Å². The minimum Gasteiger partial charge on any atom is -1.00 e.